The number of carbonyl (C=O) groups excluding carboxylic acids is 1. The molecule has 1 aliphatic carbocycles. The van der Waals surface area contributed by atoms with Crippen LogP contribution in [0.1, 0.15) is 32.1 Å². The summed E-state index contributed by atoms with van der Waals surface area (Å²) in [4.78, 5) is 16.6. The van der Waals surface area contributed by atoms with Crippen molar-refractivity contribution in [3.63, 3.8) is 0 Å². The number of nitrogens with two attached hydrogens (primary N) is 1. The molecular weight excluding hydrogens is 202 g/mol. The van der Waals surface area contributed by atoms with Gasteiger partial charge in [-0.3, -0.25) is 4.79 Å². The highest BCUT2D eigenvalue weighted by atomic mass is 16.2. The van der Waals surface area contributed by atoms with Crippen LogP contribution in [0.25, 0.3) is 0 Å². The molecule has 2 fully saturated rings. The Morgan fingerprint density at radius 1 is 1.06 bits per heavy atom. The number of likely N-dealkylation sites (N-methyl/N-ethyl adjacent to an activating group) is 1. The molecule has 16 heavy (non-hydrogen) atoms. The minimum atomic E-state index is -0.539. The maximum absolute atomic E-state index is 12.4. The van der Waals surface area contributed by atoms with Crippen molar-refractivity contribution in [2.24, 2.45) is 5.73 Å². The lowest BCUT2D eigenvalue weighted by atomic mass is 9.97. The van der Waals surface area contributed by atoms with Gasteiger partial charge in [-0.1, -0.05) is 12.8 Å². The summed E-state index contributed by atoms with van der Waals surface area (Å²) in [6, 6.07) is 0. The van der Waals surface area contributed by atoms with Crippen LogP contribution in [0.4, 0.5) is 0 Å². The third kappa shape index (κ3) is 2.38. The Kier molecular flexibility index (Phi) is 3.50. The van der Waals surface area contributed by atoms with Crippen LogP contribution in [0.3, 0.4) is 0 Å². The predicted molar refractivity (Wildman–Crippen MR) is 64.1 cm³/mol. The van der Waals surface area contributed by atoms with Crippen LogP contribution in [-0.2, 0) is 4.79 Å². The molecule has 2 rings (SSSR count). The molecule has 92 valence electrons. The molecule has 0 aromatic carbocycles. The molecule has 4 nitrogen and oxygen atoms in total. The Bertz CT molecular complexity index is 261. The van der Waals surface area contributed by atoms with Gasteiger partial charge in [0.2, 0.25) is 5.91 Å². The third-order valence-corrected chi connectivity index (χ3v) is 3.93. The van der Waals surface area contributed by atoms with Crippen LogP contribution in [0.15, 0.2) is 0 Å². The van der Waals surface area contributed by atoms with E-state index >= 15 is 0 Å². The van der Waals surface area contributed by atoms with Gasteiger partial charge in [0.05, 0.1) is 5.54 Å². The van der Waals surface area contributed by atoms with Crippen molar-refractivity contribution in [1.82, 2.24) is 9.80 Å². The van der Waals surface area contributed by atoms with E-state index in [4.69, 9.17) is 5.73 Å². The zero-order chi connectivity index (χ0) is 11.6. The molecule has 0 aromatic heterocycles. The number of nitrogens with zero attached hydrogens (tertiary/aromatic N) is 2. The predicted octanol–water partition coefficient (Wildman–Crippen LogP) is 0.422. The van der Waals surface area contributed by atoms with Crippen LogP contribution in [0, 0.1) is 0 Å². The van der Waals surface area contributed by atoms with Crippen molar-refractivity contribution in [3.05, 3.63) is 0 Å². The van der Waals surface area contributed by atoms with Crippen molar-refractivity contribution < 1.29 is 4.79 Å². The van der Waals surface area contributed by atoms with E-state index in [1.807, 2.05) is 4.90 Å². The lowest BCUT2D eigenvalue weighted by molar-refractivity contribution is -0.136. The summed E-state index contributed by atoms with van der Waals surface area (Å²) in [6.07, 6.45) is 5.03. The van der Waals surface area contributed by atoms with Crippen LogP contribution in [0.2, 0.25) is 0 Å². The van der Waals surface area contributed by atoms with E-state index in [1.54, 1.807) is 0 Å². The maximum atomic E-state index is 12.4. The summed E-state index contributed by atoms with van der Waals surface area (Å²) < 4.78 is 0. The molecule has 0 aromatic rings. The molecule has 2 N–H and O–H groups in total. The van der Waals surface area contributed by atoms with Crippen molar-refractivity contribution >= 4 is 5.91 Å². The second-order valence-corrected chi connectivity index (χ2v) is 5.31. The zero-order valence-electron chi connectivity index (χ0n) is 10.2. The van der Waals surface area contributed by atoms with E-state index in [1.165, 1.54) is 0 Å². The minimum absolute atomic E-state index is 0.195. The van der Waals surface area contributed by atoms with E-state index in [9.17, 15) is 4.79 Å². The van der Waals surface area contributed by atoms with Gasteiger partial charge < -0.3 is 15.5 Å². The van der Waals surface area contributed by atoms with Crippen LogP contribution in [0.5, 0.6) is 0 Å². The number of rotatable bonds is 1. The first-order valence-electron chi connectivity index (χ1n) is 6.39. The Morgan fingerprint density at radius 2 is 1.75 bits per heavy atom. The largest absolute Gasteiger partial charge is 0.340 e. The Balaban J connectivity index is 1.98. The topological polar surface area (TPSA) is 49.6 Å². The van der Waals surface area contributed by atoms with Gasteiger partial charge in [0.25, 0.3) is 0 Å². The molecule has 0 spiro atoms. The smallest absolute Gasteiger partial charge is 0.242 e. The molecule has 0 radical (unpaired) electrons. The Labute approximate surface area is 97.8 Å². The normalized spacial score (nSPS) is 26.8. The van der Waals surface area contributed by atoms with E-state index in [-0.39, 0.29) is 5.91 Å². The van der Waals surface area contributed by atoms with Gasteiger partial charge >= 0.3 is 0 Å². The first-order chi connectivity index (χ1) is 7.62. The molecule has 1 amide bonds. The highest BCUT2D eigenvalue weighted by Gasteiger charge is 2.39. The molecule has 1 saturated heterocycles. The minimum Gasteiger partial charge on any atom is -0.340 e. The van der Waals surface area contributed by atoms with E-state index < -0.39 is 5.54 Å². The second kappa shape index (κ2) is 4.72. The fourth-order valence-corrected chi connectivity index (χ4v) is 2.78. The summed E-state index contributed by atoms with van der Waals surface area (Å²) in [5.74, 6) is 0.195. The number of hydrogen-bond acceptors (Lipinski definition) is 3. The quantitative estimate of drug-likeness (QED) is 0.704. The van der Waals surface area contributed by atoms with Gasteiger partial charge in [-0.25, -0.2) is 0 Å². The average Bonchev–Trinajstić information content (AvgIpc) is 2.59. The Hall–Kier alpha value is -0.610. The highest BCUT2D eigenvalue weighted by molar-refractivity contribution is 5.86. The first-order valence-corrected chi connectivity index (χ1v) is 6.39. The van der Waals surface area contributed by atoms with Gasteiger partial charge in [-0.2, -0.15) is 0 Å². The summed E-state index contributed by atoms with van der Waals surface area (Å²) in [6.45, 7) is 3.78. The van der Waals surface area contributed by atoms with Gasteiger partial charge in [0, 0.05) is 19.6 Å². The molecule has 0 atom stereocenters. The molecule has 1 saturated carbocycles. The number of carbonyl (C=O) groups is 1. The standard InChI is InChI=1S/C12H23N3O/c1-14-7-4-8-15(10-9-14)11(16)12(13)5-2-3-6-12/h2-10,13H2,1H3. The lowest BCUT2D eigenvalue weighted by Gasteiger charge is -2.30. The fraction of sp³-hybridized carbons (Fsp3) is 0.917. The number of amides is 1. The summed E-state index contributed by atoms with van der Waals surface area (Å²) in [7, 11) is 2.11. The second-order valence-electron chi connectivity index (χ2n) is 5.31. The van der Waals surface area contributed by atoms with E-state index in [0.29, 0.717) is 0 Å². The summed E-state index contributed by atoms with van der Waals surface area (Å²) in [5, 5.41) is 0. The maximum Gasteiger partial charge on any atom is 0.242 e. The van der Waals surface area contributed by atoms with Crippen LogP contribution >= 0.6 is 0 Å². The third-order valence-electron chi connectivity index (χ3n) is 3.93. The zero-order valence-corrected chi connectivity index (χ0v) is 10.2. The molecule has 0 bridgehead atoms. The van der Waals surface area contributed by atoms with Gasteiger partial charge in [-0.05, 0) is 32.9 Å². The van der Waals surface area contributed by atoms with Crippen molar-refractivity contribution in [1.29, 1.82) is 0 Å². The number of hydrogen-bond donors (Lipinski definition) is 1. The van der Waals surface area contributed by atoms with Crippen molar-refractivity contribution in [3.8, 4) is 0 Å². The van der Waals surface area contributed by atoms with Gasteiger partial charge in [0.1, 0.15) is 0 Å². The van der Waals surface area contributed by atoms with Gasteiger partial charge in [0.15, 0.2) is 0 Å². The lowest BCUT2D eigenvalue weighted by Crippen LogP contribution is -2.54. The molecule has 4 heteroatoms. The molecule has 0 unspecified atom stereocenters. The molecule has 2 aliphatic rings. The van der Waals surface area contributed by atoms with Gasteiger partial charge in [-0.15, -0.1) is 0 Å². The first kappa shape index (κ1) is 11.9. The van der Waals surface area contributed by atoms with Crippen LogP contribution < -0.4 is 5.73 Å². The van der Waals surface area contributed by atoms with Crippen molar-refractivity contribution in [2.75, 3.05) is 33.2 Å². The van der Waals surface area contributed by atoms with E-state index in [0.717, 1.165) is 58.3 Å². The summed E-state index contributed by atoms with van der Waals surface area (Å²) >= 11 is 0. The summed E-state index contributed by atoms with van der Waals surface area (Å²) in [5.41, 5.74) is 5.68. The fourth-order valence-electron chi connectivity index (χ4n) is 2.78. The van der Waals surface area contributed by atoms with Crippen molar-refractivity contribution in [2.45, 2.75) is 37.6 Å². The average molecular weight is 225 g/mol. The molecular formula is C12H23N3O. The monoisotopic (exact) mass is 225 g/mol. The Morgan fingerprint density at radius 3 is 2.44 bits per heavy atom. The van der Waals surface area contributed by atoms with E-state index in [2.05, 4.69) is 11.9 Å². The highest BCUT2D eigenvalue weighted by Crippen LogP contribution is 2.29. The SMILES string of the molecule is CN1CCCN(C(=O)C2(N)CCCC2)CC1. The molecule has 1 aliphatic heterocycles. The van der Waals surface area contributed by atoms with Crippen LogP contribution in [-0.4, -0.2) is 54.5 Å². The molecule has 1 heterocycles.